The zero-order valence-electron chi connectivity index (χ0n) is 16.0. The van der Waals surface area contributed by atoms with Gasteiger partial charge < -0.3 is 20.1 Å². The highest BCUT2D eigenvalue weighted by atomic mass is 35.5. The van der Waals surface area contributed by atoms with Gasteiger partial charge in [-0.05, 0) is 30.3 Å². The fraction of sp³-hybridized carbons (Fsp3) is 0.150. The van der Waals surface area contributed by atoms with E-state index in [0.29, 0.717) is 39.2 Å². The van der Waals surface area contributed by atoms with E-state index < -0.39 is 11.8 Å². The summed E-state index contributed by atoms with van der Waals surface area (Å²) in [5.41, 5.74) is 2.07. The molecule has 0 aliphatic rings. The molecule has 0 bridgehead atoms. The summed E-state index contributed by atoms with van der Waals surface area (Å²) in [6, 6.07) is 11.6. The highest BCUT2D eigenvalue weighted by Gasteiger charge is 2.19. The lowest BCUT2D eigenvalue weighted by atomic mass is 10.1. The summed E-state index contributed by atoms with van der Waals surface area (Å²) in [6.45, 7) is 0. The minimum Gasteiger partial charge on any atom is -0.496 e. The Balaban J connectivity index is 1.84. The van der Waals surface area contributed by atoms with Crippen molar-refractivity contribution in [3.63, 3.8) is 0 Å². The molecule has 3 aromatic rings. The number of hydrogen-bond donors (Lipinski definition) is 2. The molecule has 2 aromatic carbocycles. The van der Waals surface area contributed by atoms with Gasteiger partial charge in [-0.25, -0.2) is 0 Å². The first-order valence-electron chi connectivity index (χ1n) is 8.56. The molecule has 3 rings (SSSR count). The fourth-order valence-electron chi connectivity index (χ4n) is 2.77. The van der Waals surface area contributed by atoms with Crippen molar-refractivity contribution < 1.29 is 19.1 Å². The molecule has 150 valence electrons. The summed E-state index contributed by atoms with van der Waals surface area (Å²) in [5, 5.41) is 9.57. The van der Waals surface area contributed by atoms with Gasteiger partial charge in [0.1, 0.15) is 11.4 Å². The van der Waals surface area contributed by atoms with Crippen LogP contribution in [-0.2, 0) is 16.6 Å². The average Bonchev–Trinajstić information content (AvgIpc) is 3.09. The Morgan fingerprint density at radius 1 is 1.00 bits per heavy atom. The number of amides is 2. The van der Waals surface area contributed by atoms with Gasteiger partial charge in [-0.3, -0.25) is 14.3 Å². The summed E-state index contributed by atoms with van der Waals surface area (Å²) in [7, 11) is 4.84. The Kier molecular flexibility index (Phi) is 6.04. The van der Waals surface area contributed by atoms with E-state index in [1.807, 2.05) is 0 Å². The maximum Gasteiger partial charge on any atom is 0.314 e. The molecule has 0 aliphatic carbocycles. The first-order chi connectivity index (χ1) is 13.9. The molecule has 2 amide bonds. The number of nitrogens with one attached hydrogen (secondary N) is 2. The molecule has 0 atom stereocenters. The number of ether oxygens (including phenoxy) is 2. The summed E-state index contributed by atoms with van der Waals surface area (Å²) in [6.07, 6.45) is 1.58. The maximum atomic E-state index is 12.3. The number of nitrogens with zero attached hydrogens (tertiary/aromatic N) is 2. The van der Waals surface area contributed by atoms with E-state index in [1.165, 1.54) is 14.2 Å². The quantitative estimate of drug-likeness (QED) is 0.624. The summed E-state index contributed by atoms with van der Waals surface area (Å²) in [4.78, 5) is 24.6. The second kappa shape index (κ2) is 8.66. The van der Waals surface area contributed by atoms with E-state index in [9.17, 15) is 9.59 Å². The number of hydrogen-bond acceptors (Lipinski definition) is 5. The van der Waals surface area contributed by atoms with E-state index in [-0.39, 0.29) is 0 Å². The highest BCUT2D eigenvalue weighted by molar-refractivity contribution is 6.44. The van der Waals surface area contributed by atoms with Crippen LogP contribution in [0.15, 0.2) is 48.7 Å². The average molecular weight is 415 g/mol. The Morgan fingerprint density at radius 2 is 1.69 bits per heavy atom. The minimum absolute atomic E-state index is 0.337. The van der Waals surface area contributed by atoms with Crippen molar-refractivity contribution in [1.29, 1.82) is 0 Å². The number of methoxy groups -OCH3 is 2. The van der Waals surface area contributed by atoms with Crippen LogP contribution in [0.1, 0.15) is 0 Å². The van der Waals surface area contributed by atoms with Gasteiger partial charge in [0, 0.05) is 18.3 Å². The molecule has 0 fully saturated rings. The van der Waals surface area contributed by atoms with Gasteiger partial charge in [-0.2, -0.15) is 5.10 Å². The van der Waals surface area contributed by atoms with E-state index in [0.717, 1.165) is 0 Å². The van der Waals surface area contributed by atoms with E-state index >= 15 is 0 Å². The van der Waals surface area contributed by atoms with Crippen LogP contribution in [-0.4, -0.2) is 35.8 Å². The summed E-state index contributed by atoms with van der Waals surface area (Å²) >= 11 is 6.01. The van der Waals surface area contributed by atoms with E-state index in [1.54, 1.807) is 60.4 Å². The number of benzene rings is 2. The Labute approximate surface area is 172 Å². The zero-order chi connectivity index (χ0) is 21.0. The second-order valence-electron chi connectivity index (χ2n) is 5.99. The van der Waals surface area contributed by atoms with Crippen LogP contribution in [0.25, 0.3) is 11.3 Å². The molecule has 9 heteroatoms. The van der Waals surface area contributed by atoms with Crippen molar-refractivity contribution in [3.8, 4) is 22.8 Å². The third-order valence-electron chi connectivity index (χ3n) is 4.17. The van der Waals surface area contributed by atoms with Crippen LogP contribution >= 0.6 is 11.6 Å². The van der Waals surface area contributed by atoms with Gasteiger partial charge in [-0.1, -0.05) is 23.7 Å². The molecular weight excluding hydrogens is 396 g/mol. The molecule has 2 N–H and O–H groups in total. The van der Waals surface area contributed by atoms with Gasteiger partial charge in [0.2, 0.25) is 0 Å². The highest BCUT2D eigenvalue weighted by Crippen LogP contribution is 2.37. The predicted molar refractivity (Wildman–Crippen MR) is 110 cm³/mol. The third kappa shape index (κ3) is 4.33. The molecular formula is C20H19ClN4O4. The van der Waals surface area contributed by atoms with Gasteiger partial charge in [-0.15, -0.1) is 0 Å². The van der Waals surface area contributed by atoms with Gasteiger partial charge in [0.15, 0.2) is 5.75 Å². The maximum absolute atomic E-state index is 12.3. The van der Waals surface area contributed by atoms with Crippen molar-refractivity contribution in [3.05, 3.63) is 53.7 Å². The lowest BCUT2D eigenvalue weighted by Gasteiger charge is -2.13. The standard InChI is InChI=1S/C20H19ClN4O4/c1-25-18(17(29-3)11-22-25)13-10-12(8-9-16(13)28-2)23-19(26)20(27)24-15-7-5-4-6-14(15)21/h4-11H,1-3H3,(H,23,26)(H,24,27). The van der Waals surface area contributed by atoms with Crippen LogP contribution < -0.4 is 20.1 Å². The Hall–Kier alpha value is -3.52. The van der Waals surface area contributed by atoms with Gasteiger partial charge in [0.05, 0.1) is 31.1 Å². The number of halogens is 1. The topological polar surface area (TPSA) is 94.5 Å². The predicted octanol–water partition coefficient (Wildman–Crippen LogP) is 3.33. The molecule has 1 heterocycles. The van der Waals surface area contributed by atoms with Crippen molar-refractivity contribution in [2.24, 2.45) is 7.05 Å². The molecule has 0 saturated heterocycles. The van der Waals surface area contributed by atoms with Gasteiger partial charge >= 0.3 is 11.8 Å². The van der Waals surface area contributed by atoms with E-state index in [2.05, 4.69) is 15.7 Å². The Morgan fingerprint density at radius 3 is 2.38 bits per heavy atom. The molecule has 0 spiro atoms. The molecule has 0 radical (unpaired) electrons. The monoisotopic (exact) mass is 414 g/mol. The fourth-order valence-corrected chi connectivity index (χ4v) is 2.96. The van der Waals surface area contributed by atoms with Crippen molar-refractivity contribution in [2.75, 3.05) is 24.9 Å². The largest absolute Gasteiger partial charge is 0.496 e. The SMILES string of the molecule is COc1ccc(NC(=O)C(=O)Nc2ccccc2Cl)cc1-c1c(OC)cnn1C. The van der Waals surface area contributed by atoms with Crippen molar-refractivity contribution in [2.45, 2.75) is 0 Å². The molecule has 0 unspecified atom stereocenters. The van der Waals surface area contributed by atoms with Crippen LogP contribution in [0, 0.1) is 0 Å². The van der Waals surface area contributed by atoms with Gasteiger partial charge in [0.25, 0.3) is 0 Å². The van der Waals surface area contributed by atoms with Crippen LogP contribution in [0.5, 0.6) is 11.5 Å². The van der Waals surface area contributed by atoms with Crippen LogP contribution in [0.2, 0.25) is 5.02 Å². The number of aryl methyl sites for hydroxylation is 1. The number of para-hydroxylation sites is 1. The molecule has 0 aliphatic heterocycles. The molecule has 0 saturated carbocycles. The lowest BCUT2D eigenvalue weighted by molar-refractivity contribution is -0.132. The normalized spacial score (nSPS) is 10.3. The first-order valence-corrected chi connectivity index (χ1v) is 8.93. The smallest absolute Gasteiger partial charge is 0.314 e. The zero-order valence-corrected chi connectivity index (χ0v) is 16.8. The minimum atomic E-state index is -0.839. The molecule has 29 heavy (non-hydrogen) atoms. The molecule has 1 aromatic heterocycles. The van der Waals surface area contributed by atoms with Crippen molar-refractivity contribution in [1.82, 2.24) is 9.78 Å². The number of aromatic nitrogens is 2. The number of anilines is 2. The second-order valence-corrected chi connectivity index (χ2v) is 6.40. The number of rotatable bonds is 5. The number of carbonyl (C=O) groups excluding carboxylic acids is 2. The third-order valence-corrected chi connectivity index (χ3v) is 4.50. The van der Waals surface area contributed by atoms with E-state index in [4.69, 9.17) is 21.1 Å². The first kappa shape index (κ1) is 20.2. The van der Waals surface area contributed by atoms with Crippen LogP contribution in [0.4, 0.5) is 11.4 Å². The molecule has 8 nitrogen and oxygen atoms in total. The summed E-state index contributed by atoms with van der Waals surface area (Å²) < 4.78 is 12.4. The summed E-state index contributed by atoms with van der Waals surface area (Å²) in [5.74, 6) is -0.567. The van der Waals surface area contributed by atoms with Crippen molar-refractivity contribution >= 4 is 34.8 Å². The lowest BCUT2D eigenvalue weighted by Crippen LogP contribution is -2.29. The van der Waals surface area contributed by atoms with Crippen LogP contribution in [0.3, 0.4) is 0 Å². The Bertz CT molecular complexity index is 1060. The number of carbonyl (C=O) groups is 2.